The summed E-state index contributed by atoms with van der Waals surface area (Å²) in [4.78, 5) is 11.6. The Morgan fingerprint density at radius 3 is 2.71 bits per heavy atom. The molecule has 0 unspecified atom stereocenters. The van der Waals surface area contributed by atoms with Crippen LogP contribution in [-0.4, -0.2) is 12.5 Å². The SMILES string of the molecule is O=C(COc1ccc(F)cc1F)NCc1cccc(Cl)c1. The summed E-state index contributed by atoms with van der Waals surface area (Å²) in [5, 5.41) is 3.18. The van der Waals surface area contributed by atoms with E-state index in [9.17, 15) is 13.6 Å². The zero-order valence-corrected chi connectivity index (χ0v) is 11.7. The van der Waals surface area contributed by atoms with E-state index in [1.807, 2.05) is 6.07 Å². The van der Waals surface area contributed by atoms with Gasteiger partial charge < -0.3 is 10.1 Å². The number of hydrogen-bond acceptors (Lipinski definition) is 2. The van der Waals surface area contributed by atoms with Crippen molar-refractivity contribution in [1.82, 2.24) is 5.32 Å². The quantitative estimate of drug-likeness (QED) is 0.920. The number of carbonyl (C=O) groups excluding carboxylic acids is 1. The number of nitrogens with one attached hydrogen (secondary N) is 1. The Balaban J connectivity index is 1.82. The van der Waals surface area contributed by atoms with Crippen molar-refractivity contribution >= 4 is 17.5 Å². The minimum atomic E-state index is -0.849. The minimum absolute atomic E-state index is 0.172. The molecule has 0 aliphatic heterocycles. The predicted octanol–water partition coefficient (Wildman–Crippen LogP) is 3.31. The Labute approximate surface area is 125 Å². The van der Waals surface area contributed by atoms with Crippen LogP contribution >= 0.6 is 11.6 Å². The third kappa shape index (κ3) is 4.72. The number of hydrogen-bond donors (Lipinski definition) is 1. The maximum absolute atomic E-state index is 13.3. The number of rotatable bonds is 5. The van der Waals surface area contributed by atoms with Crippen LogP contribution in [0, 0.1) is 11.6 Å². The van der Waals surface area contributed by atoms with Gasteiger partial charge in [0.25, 0.3) is 5.91 Å². The van der Waals surface area contributed by atoms with Crippen LogP contribution in [0.25, 0.3) is 0 Å². The highest BCUT2D eigenvalue weighted by atomic mass is 35.5. The first kappa shape index (κ1) is 15.3. The molecular weight excluding hydrogens is 300 g/mol. The van der Waals surface area contributed by atoms with E-state index in [1.54, 1.807) is 18.2 Å². The number of benzene rings is 2. The molecule has 0 radical (unpaired) electrons. The first-order chi connectivity index (χ1) is 10.0. The summed E-state index contributed by atoms with van der Waals surface area (Å²) in [6.45, 7) is -0.0717. The lowest BCUT2D eigenvalue weighted by Crippen LogP contribution is -2.28. The zero-order valence-electron chi connectivity index (χ0n) is 10.9. The van der Waals surface area contributed by atoms with Crippen molar-refractivity contribution in [3.63, 3.8) is 0 Å². The number of amides is 1. The van der Waals surface area contributed by atoms with Gasteiger partial charge in [-0.2, -0.15) is 0 Å². The topological polar surface area (TPSA) is 38.3 Å². The van der Waals surface area contributed by atoms with E-state index in [-0.39, 0.29) is 18.9 Å². The Bertz CT molecular complexity index is 649. The van der Waals surface area contributed by atoms with E-state index in [4.69, 9.17) is 16.3 Å². The predicted molar refractivity (Wildman–Crippen MR) is 75.2 cm³/mol. The average Bonchev–Trinajstić information content (AvgIpc) is 2.44. The number of ether oxygens (including phenoxy) is 1. The third-order valence-electron chi connectivity index (χ3n) is 2.63. The Kier molecular flexibility index (Phi) is 5.11. The summed E-state index contributed by atoms with van der Waals surface area (Å²) in [6.07, 6.45) is 0. The molecule has 21 heavy (non-hydrogen) atoms. The molecule has 0 atom stereocenters. The lowest BCUT2D eigenvalue weighted by Gasteiger charge is -2.08. The van der Waals surface area contributed by atoms with Gasteiger partial charge in [0, 0.05) is 17.6 Å². The third-order valence-corrected chi connectivity index (χ3v) is 2.87. The van der Waals surface area contributed by atoms with E-state index in [2.05, 4.69) is 5.32 Å². The van der Waals surface area contributed by atoms with E-state index in [0.717, 1.165) is 17.7 Å². The van der Waals surface area contributed by atoms with Gasteiger partial charge in [0.05, 0.1) is 0 Å². The molecule has 110 valence electrons. The van der Waals surface area contributed by atoms with Crippen LogP contribution in [0.5, 0.6) is 5.75 Å². The molecule has 2 aromatic rings. The van der Waals surface area contributed by atoms with Gasteiger partial charge >= 0.3 is 0 Å². The first-order valence-electron chi connectivity index (χ1n) is 6.13. The van der Waals surface area contributed by atoms with Crippen LogP contribution in [0.4, 0.5) is 8.78 Å². The lowest BCUT2D eigenvalue weighted by atomic mass is 10.2. The molecule has 3 nitrogen and oxygen atoms in total. The zero-order chi connectivity index (χ0) is 15.2. The van der Waals surface area contributed by atoms with Gasteiger partial charge in [-0.15, -0.1) is 0 Å². The van der Waals surface area contributed by atoms with Crippen molar-refractivity contribution in [3.05, 3.63) is 64.7 Å². The highest BCUT2D eigenvalue weighted by Crippen LogP contribution is 2.17. The minimum Gasteiger partial charge on any atom is -0.481 e. The molecule has 1 N–H and O–H groups in total. The molecule has 0 aliphatic rings. The van der Waals surface area contributed by atoms with E-state index in [1.165, 1.54) is 0 Å². The normalized spacial score (nSPS) is 10.2. The van der Waals surface area contributed by atoms with Crippen molar-refractivity contribution in [1.29, 1.82) is 0 Å². The fourth-order valence-electron chi connectivity index (χ4n) is 1.63. The maximum Gasteiger partial charge on any atom is 0.258 e. The van der Waals surface area contributed by atoms with Gasteiger partial charge in [0.15, 0.2) is 18.2 Å². The highest BCUT2D eigenvalue weighted by Gasteiger charge is 2.08. The molecule has 2 aromatic carbocycles. The van der Waals surface area contributed by atoms with Crippen molar-refractivity contribution in [3.8, 4) is 5.75 Å². The summed E-state index contributed by atoms with van der Waals surface area (Å²) in [7, 11) is 0. The Hall–Kier alpha value is -2.14. The molecule has 0 heterocycles. The molecule has 0 aromatic heterocycles. The first-order valence-corrected chi connectivity index (χ1v) is 6.51. The molecule has 1 amide bonds. The number of halogens is 3. The van der Waals surface area contributed by atoms with E-state index >= 15 is 0 Å². The molecule has 0 fully saturated rings. The fraction of sp³-hybridized carbons (Fsp3) is 0.133. The highest BCUT2D eigenvalue weighted by molar-refractivity contribution is 6.30. The molecule has 0 bridgehead atoms. The summed E-state index contributed by atoms with van der Waals surface area (Å²) >= 11 is 5.82. The van der Waals surface area contributed by atoms with Crippen LogP contribution < -0.4 is 10.1 Å². The summed E-state index contributed by atoms with van der Waals surface area (Å²) < 4.78 is 31.0. The largest absolute Gasteiger partial charge is 0.481 e. The Morgan fingerprint density at radius 1 is 1.19 bits per heavy atom. The van der Waals surface area contributed by atoms with Crippen molar-refractivity contribution in [2.45, 2.75) is 6.54 Å². The summed E-state index contributed by atoms with van der Waals surface area (Å²) in [5.74, 6) is -2.14. The van der Waals surface area contributed by atoms with Crippen LogP contribution in [-0.2, 0) is 11.3 Å². The Morgan fingerprint density at radius 2 is 2.00 bits per heavy atom. The molecule has 0 spiro atoms. The second kappa shape index (κ2) is 7.04. The molecule has 0 saturated carbocycles. The second-order valence-corrected chi connectivity index (χ2v) is 4.71. The molecule has 0 aliphatic carbocycles. The van der Waals surface area contributed by atoms with Gasteiger partial charge in [0.1, 0.15) is 5.82 Å². The van der Waals surface area contributed by atoms with Crippen molar-refractivity contribution in [2.24, 2.45) is 0 Å². The van der Waals surface area contributed by atoms with E-state index < -0.39 is 17.5 Å². The molecule has 2 rings (SSSR count). The average molecular weight is 312 g/mol. The lowest BCUT2D eigenvalue weighted by molar-refractivity contribution is -0.123. The van der Waals surface area contributed by atoms with Crippen molar-refractivity contribution in [2.75, 3.05) is 6.61 Å². The van der Waals surface area contributed by atoms with Crippen LogP contribution in [0.15, 0.2) is 42.5 Å². The van der Waals surface area contributed by atoms with Crippen LogP contribution in [0.3, 0.4) is 0 Å². The van der Waals surface area contributed by atoms with Crippen molar-refractivity contribution < 1.29 is 18.3 Å². The molecule has 6 heteroatoms. The van der Waals surface area contributed by atoms with Gasteiger partial charge in [-0.1, -0.05) is 23.7 Å². The van der Waals surface area contributed by atoms with Gasteiger partial charge in [0.2, 0.25) is 0 Å². The van der Waals surface area contributed by atoms with Gasteiger partial charge in [-0.25, -0.2) is 8.78 Å². The summed E-state index contributed by atoms with van der Waals surface area (Å²) in [6, 6.07) is 9.92. The maximum atomic E-state index is 13.3. The molecule has 0 saturated heterocycles. The second-order valence-electron chi connectivity index (χ2n) is 4.27. The number of carbonyl (C=O) groups is 1. The van der Waals surface area contributed by atoms with Gasteiger partial charge in [-0.05, 0) is 29.8 Å². The molecular formula is C15H12ClF2NO2. The monoisotopic (exact) mass is 311 g/mol. The summed E-state index contributed by atoms with van der Waals surface area (Å²) in [5.41, 5.74) is 0.837. The smallest absolute Gasteiger partial charge is 0.258 e. The standard InChI is InChI=1S/C15H12ClF2NO2/c16-11-3-1-2-10(6-11)8-19-15(20)9-21-14-5-4-12(17)7-13(14)18/h1-7H,8-9H2,(H,19,20). The van der Waals surface area contributed by atoms with Crippen LogP contribution in [0.1, 0.15) is 5.56 Å². The van der Waals surface area contributed by atoms with Crippen LogP contribution in [0.2, 0.25) is 5.02 Å². The van der Waals surface area contributed by atoms with E-state index in [0.29, 0.717) is 11.1 Å². The fourth-order valence-corrected chi connectivity index (χ4v) is 1.85. The van der Waals surface area contributed by atoms with Gasteiger partial charge in [-0.3, -0.25) is 4.79 Å².